The molecule has 0 saturated heterocycles. The zero-order chi connectivity index (χ0) is 19.1. The van der Waals surface area contributed by atoms with Gasteiger partial charge in [-0.1, -0.05) is 67.9 Å². The first-order valence-electron chi connectivity index (χ1n) is 9.42. The summed E-state index contributed by atoms with van der Waals surface area (Å²) in [7, 11) is -1.99. The number of hydrogen-bond acceptors (Lipinski definition) is 2. The highest BCUT2D eigenvalue weighted by atomic mass is 79.9. The summed E-state index contributed by atoms with van der Waals surface area (Å²) in [5.74, 6) is 0. The smallest absolute Gasteiger partial charge is 0.189 e. The third-order valence-corrected chi connectivity index (χ3v) is 11.3. The molecular weight excluding hydrogens is 447 g/mol. The van der Waals surface area contributed by atoms with E-state index in [2.05, 4.69) is 97.9 Å². The highest BCUT2D eigenvalue weighted by Gasteiger charge is 2.52. The second kappa shape index (κ2) is 11.0. The number of thioether (sulfide) groups is 1. The van der Waals surface area contributed by atoms with Crippen molar-refractivity contribution in [2.75, 3.05) is 0 Å². The minimum absolute atomic E-state index is 0. The summed E-state index contributed by atoms with van der Waals surface area (Å²) in [5.41, 5.74) is 0. The third-order valence-electron chi connectivity index (χ3n) is 4.76. The number of hydrogen-bond donors (Lipinski definition) is 0. The Balaban J connectivity index is 0.00000280. The van der Waals surface area contributed by atoms with E-state index in [-0.39, 0.29) is 27.1 Å². The third kappa shape index (κ3) is 4.76. The van der Waals surface area contributed by atoms with Gasteiger partial charge in [0.15, 0.2) is 5.12 Å². The van der Waals surface area contributed by atoms with Gasteiger partial charge in [0.25, 0.3) is 0 Å². The molecule has 0 aromatic heterocycles. The molecule has 0 heterocycles. The molecule has 4 heteroatoms. The molecule has 1 atom stereocenters. The fourth-order valence-corrected chi connectivity index (χ4v) is 11.1. The Labute approximate surface area is 184 Å². The quantitative estimate of drug-likeness (QED) is 0.491. The van der Waals surface area contributed by atoms with Gasteiger partial charge in [-0.15, -0.1) is 0 Å². The molecule has 0 aliphatic carbocycles. The molecule has 0 N–H and O–H groups in total. The van der Waals surface area contributed by atoms with Crippen LogP contribution in [0.3, 0.4) is 0 Å². The fourth-order valence-electron chi connectivity index (χ4n) is 3.71. The molecular formula is C24H26BrOPS. The minimum Gasteiger partial charge on any atom is -1.00 e. The van der Waals surface area contributed by atoms with Crippen molar-refractivity contribution < 1.29 is 21.8 Å². The fraction of sp³-hybridized carbons (Fsp3) is 0.208. The van der Waals surface area contributed by atoms with Crippen LogP contribution in [0, 0.1) is 0 Å². The second-order valence-corrected chi connectivity index (χ2v) is 11.9. The zero-order valence-electron chi connectivity index (χ0n) is 16.3. The summed E-state index contributed by atoms with van der Waals surface area (Å²) < 4.78 is 0. The Morgan fingerprint density at radius 1 is 0.786 bits per heavy atom. The number of benzene rings is 3. The van der Waals surface area contributed by atoms with Gasteiger partial charge in [0.1, 0.15) is 28.2 Å². The summed E-state index contributed by atoms with van der Waals surface area (Å²) in [6.45, 7) is 3.91. The molecule has 0 bridgehead atoms. The van der Waals surface area contributed by atoms with E-state index in [0.717, 1.165) is 12.8 Å². The molecule has 3 aromatic rings. The number of carbonyl (C=O) groups is 1. The first-order valence-corrected chi connectivity index (χ1v) is 12.2. The van der Waals surface area contributed by atoms with Gasteiger partial charge in [-0.05, 0) is 54.6 Å². The van der Waals surface area contributed by atoms with Crippen LogP contribution in [-0.4, -0.2) is 10.1 Å². The van der Waals surface area contributed by atoms with Crippen LogP contribution in [0.25, 0.3) is 0 Å². The minimum atomic E-state index is -1.99. The van der Waals surface area contributed by atoms with Gasteiger partial charge in [0.05, 0.1) is 0 Å². The summed E-state index contributed by atoms with van der Waals surface area (Å²) in [6.07, 6.45) is 2.07. The first-order chi connectivity index (χ1) is 13.2. The van der Waals surface area contributed by atoms with Crippen molar-refractivity contribution in [1.29, 1.82) is 0 Å². The Hall–Kier alpha value is -1.41. The summed E-state index contributed by atoms with van der Waals surface area (Å²) in [4.78, 5) is 12.5. The van der Waals surface area contributed by atoms with Gasteiger partial charge >= 0.3 is 0 Å². The SMILES string of the molecule is CCCC(SC(C)=O)[P+](c1ccccc1)(c1ccccc1)c1ccccc1.[Br-]. The maximum Gasteiger partial charge on any atom is 0.189 e. The van der Waals surface area contributed by atoms with E-state index in [0.29, 0.717) is 0 Å². The highest BCUT2D eigenvalue weighted by Crippen LogP contribution is 2.64. The van der Waals surface area contributed by atoms with Crippen LogP contribution in [-0.2, 0) is 4.79 Å². The predicted molar refractivity (Wildman–Crippen MR) is 122 cm³/mol. The summed E-state index contributed by atoms with van der Waals surface area (Å²) in [6, 6.07) is 32.4. The Morgan fingerprint density at radius 3 is 1.43 bits per heavy atom. The van der Waals surface area contributed by atoms with Gasteiger partial charge in [0, 0.05) is 6.92 Å². The molecule has 0 fully saturated rings. The van der Waals surface area contributed by atoms with E-state index in [9.17, 15) is 4.79 Å². The maximum absolute atomic E-state index is 12.3. The van der Waals surface area contributed by atoms with E-state index in [1.54, 1.807) is 6.92 Å². The van der Waals surface area contributed by atoms with Crippen LogP contribution >= 0.6 is 19.0 Å². The topological polar surface area (TPSA) is 17.1 Å². The van der Waals surface area contributed by atoms with Gasteiger partial charge < -0.3 is 17.0 Å². The Kier molecular flexibility index (Phi) is 8.95. The molecule has 1 unspecified atom stereocenters. The molecule has 28 heavy (non-hydrogen) atoms. The van der Waals surface area contributed by atoms with Crippen molar-refractivity contribution in [3.05, 3.63) is 91.0 Å². The average molecular weight is 473 g/mol. The molecule has 3 rings (SSSR count). The molecule has 146 valence electrons. The number of carbonyl (C=O) groups excluding carboxylic acids is 1. The Bertz CT molecular complexity index is 759. The van der Waals surface area contributed by atoms with Crippen LogP contribution in [0.5, 0.6) is 0 Å². The molecule has 0 radical (unpaired) electrons. The van der Waals surface area contributed by atoms with Crippen molar-refractivity contribution in [2.45, 2.75) is 31.7 Å². The van der Waals surface area contributed by atoms with Crippen molar-refractivity contribution in [1.82, 2.24) is 0 Å². The lowest BCUT2D eigenvalue weighted by Gasteiger charge is -2.33. The lowest BCUT2D eigenvalue weighted by molar-refractivity contribution is -0.109. The molecule has 0 amide bonds. The van der Waals surface area contributed by atoms with Crippen LogP contribution < -0.4 is 32.9 Å². The zero-order valence-corrected chi connectivity index (χ0v) is 19.6. The second-order valence-electron chi connectivity index (χ2n) is 6.58. The number of halogens is 1. The summed E-state index contributed by atoms with van der Waals surface area (Å²) >= 11 is 1.53. The lowest BCUT2D eigenvalue weighted by atomic mass is 10.3. The Morgan fingerprint density at radius 2 is 1.14 bits per heavy atom. The van der Waals surface area contributed by atoms with Crippen LogP contribution in [0.1, 0.15) is 26.7 Å². The maximum atomic E-state index is 12.3. The normalized spacial score (nSPS) is 12.1. The van der Waals surface area contributed by atoms with Gasteiger partial charge in [0.2, 0.25) is 0 Å². The van der Waals surface area contributed by atoms with Gasteiger partial charge in [-0.25, -0.2) is 0 Å². The van der Waals surface area contributed by atoms with Gasteiger partial charge in [-0.3, -0.25) is 4.79 Å². The molecule has 0 saturated carbocycles. The lowest BCUT2D eigenvalue weighted by Crippen LogP contribution is -3.00. The van der Waals surface area contributed by atoms with Crippen LogP contribution in [0.15, 0.2) is 91.0 Å². The molecule has 0 aliphatic rings. The van der Waals surface area contributed by atoms with E-state index < -0.39 is 7.26 Å². The van der Waals surface area contributed by atoms with E-state index in [1.807, 2.05) is 0 Å². The van der Waals surface area contributed by atoms with Crippen molar-refractivity contribution in [3.63, 3.8) is 0 Å². The highest BCUT2D eigenvalue weighted by molar-refractivity contribution is 8.22. The molecule has 1 nitrogen and oxygen atoms in total. The first kappa shape index (κ1) is 22.9. The van der Waals surface area contributed by atoms with Crippen molar-refractivity contribution >= 4 is 40.1 Å². The van der Waals surface area contributed by atoms with Crippen LogP contribution in [0.4, 0.5) is 0 Å². The van der Waals surface area contributed by atoms with Gasteiger partial charge in [-0.2, -0.15) is 0 Å². The molecule has 3 aromatic carbocycles. The van der Waals surface area contributed by atoms with E-state index in [4.69, 9.17) is 0 Å². The molecule has 0 aliphatic heterocycles. The number of rotatable bonds is 7. The van der Waals surface area contributed by atoms with E-state index >= 15 is 0 Å². The molecule has 0 spiro atoms. The average Bonchev–Trinajstić information content (AvgIpc) is 2.71. The van der Waals surface area contributed by atoms with Crippen molar-refractivity contribution in [3.8, 4) is 0 Å². The van der Waals surface area contributed by atoms with E-state index in [1.165, 1.54) is 27.7 Å². The predicted octanol–water partition coefficient (Wildman–Crippen LogP) is 2.39. The largest absolute Gasteiger partial charge is 1.00 e. The van der Waals surface area contributed by atoms with Crippen LogP contribution in [0.2, 0.25) is 0 Å². The monoisotopic (exact) mass is 472 g/mol. The van der Waals surface area contributed by atoms with Crippen molar-refractivity contribution in [2.24, 2.45) is 0 Å². The summed E-state index contributed by atoms with van der Waals surface area (Å²) in [5, 5.41) is 4.22. The standard InChI is InChI=1S/C24H26OPS.BrH/c1-3-13-24(27-20(2)25)26(21-14-7-4-8-15-21,22-16-9-5-10-17-22)23-18-11-6-12-19-23;/h4-12,14-19,24H,3,13H2,1-2H3;1H/q+1;/p-1.